The van der Waals surface area contributed by atoms with Gasteiger partial charge in [0, 0.05) is 11.6 Å². The van der Waals surface area contributed by atoms with E-state index >= 15 is 0 Å². The molecule has 0 saturated heterocycles. The van der Waals surface area contributed by atoms with Gasteiger partial charge in [0.1, 0.15) is 11.6 Å². The van der Waals surface area contributed by atoms with Gasteiger partial charge in [-0.3, -0.25) is 4.79 Å². The van der Waals surface area contributed by atoms with Crippen molar-refractivity contribution in [1.82, 2.24) is 0 Å². The monoisotopic (exact) mass is 266 g/mol. The molecule has 0 N–H and O–H groups in total. The Kier molecular flexibility index (Phi) is 3.55. The second-order valence-electron chi connectivity index (χ2n) is 3.80. The van der Waals surface area contributed by atoms with Crippen LogP contribution in [-0.4, -0.2) is 12.9 Å². The molecule has 5 heteroatoms. The van der Waals surface area contributed by atoms with E-state index in [1.54, 1.807) is 0 Å². The van der Waals surface area contributed by atoms with E-state index in [-0.39, 0.29) is 16.9 Å². The van der Waals surface area contributed by atoms with Crippen molar-refractivity contribution in [2.24, 2.45) is 0 Å². The van der Waals surface area contributed by atoms with Gasteiger partial charge in [-0.2, -0.15) is 0 Å². The minimum atomic E-state index is -0.965. The topological polar surface area (TPSA) is 26.3 Å². The maximum atomic E-state index is 13.5. The highest BCUT2D eigenvalue weighted by Gasteiger charge is 2.16. The summed E-state index contributed by atoms with van der Waals surface area (Å²) in [5, 5.41) is 0. The minimum absolute atomic E-state index is 0.0590. The molecule has 98 valence electrons. The van der Waals surface area contributed by atoms with Crippen LogP contribution in [0.5, 0.6) is 5.75 Å². The fraction of sp³-hybridized carbons (Fsp3) is 0.0714. The third-order valence-corrected chi connectivity index (χ3v) is 2.59. The summed E-state index contributed by atoms with van der Waals surface area (Å²) in [5.74, 6) is -3.15. The van der Waals surface area contributed by atoms with E-state index in [9.17, 15) is 18.0 Å². The van der Waals surface area contributed by atoms with E-state index in [1.807, 2.05) is 0 Å². The molecule has 0 spiro atoms. The first-order valence-corrected chi connectivity index (χ1v) is 5.36. The number of hydrogen-bond acceptors (Lipinski definition) is 2. The highest BCUT2D eigenvalue weighted by Crippen LogP contribution is 2.21. The molecule has 0 aliphatic carbocycles. The van der Waals surface area contributed by atoms with Crippen molar-refractivity contribution in [3.8, 4) is 5.75 Å². The zero-order chi connectivity index (χ0) is 14.0. The standard InChI is InChI=1S/C14H9F3O2/c1-19-13-6-8(2-5-11(13)16)14(18)10-4-3-9(15)7-12(10)17/h2-7H,1H3. The highest BCUT2D eigenvalue weighted by molar-refractivity contribution is 6.09. The smallest absolute Gasteiger partial charge is 0.196 e. The Morgan fingerprint density at radius 3 is 2.37 bits per heavy atom. The summed E-state index contributed by atoms with van der Waals surface area (Å²) in [7, 11) is 1.26. The molecule has 0 aliphatic rings. The maximum absolute atomic E-state index is 13.5. The number of methoxy groups -OCH3 is 1. The number of ketones is 1. The Hall–Kier alpha value is -2.30. The van der Waals surface area contributed by atoms with Crippen LogP contribution in [0.2, 0.25) is 0 Å². The summed E-state index contributed by atoms with van der Waals surface area (Å²) in [6, 6.07) is 6.07. The molecular weight excluding hydrogens is 257 g/mol. The molecule has 19 heavy (non-hydrogen) atoms. The van der Waals surface area contributed by atoms with Crippen LogP contribution in [-0.2, 0) is 0 Å². The minimum Gasteiger partial charge on any atom is -0.494 e. The summed E-state index contributed by atoms with van der Waals surface area (Å²) >= 11 is 0. The molecule has 2 rings (SSSR count). The van der Waals surface area contributed by atoms with E-state index in [2.05, 4.69) is 0 Å². The molecule has 0 aliphatic heterocycles. The number of carbonyl (C=O) groups excluding carboxylic acids is 1. The van der Waals surface area contributed by atoms with Crippen LogP contribution in [0.25, 0.3) is 0 Å². The second-order valence-corrected chi connectivity index (χ2v) is 3.80. The number of rotatable bonds is 3. The largest absolute Gasteiger partial charge is 0.494 e. The first-order chi connectivity index (χ1) is 9.02. The fourth-order valence-corrected chi connectivity index (χ4v) is 1.63. The summed E-state index contributed by atoms with van der Waals surface area (Å²) in [5.41, 5.74) is -0.223. The van der Waals surface area contributed by atoms with Gasteiger partial charge in [0.05, 0.1) is 12.7 Å². The molecule has 0 saturated carbocycles. The molecule has 0 heterocycles. The Bertz CT molecular complexity index is 639. The van der Waals surface area contributed by atoms with Crippen molar-refractivity contribution in [3.05, 3.63) is 65.0 Å². The lowest BCUT2D eigenvalue weighted by Crippen LogP contribution is -2.05. The third kappa shape index (κ3) is 2.59. The zero-order valence-electron chi connectivity index (χ0n) is 9.91. The van der Waals surface area contributed by atoms with Crippen molar-refractivity contribution in [2.45, 2.75) is 0 Å². The number of carbonyl (C=O) groups is 1. The van der Waals surface area contributed by atoms with Crippen molar-refractivity contribution < 1.29 is 22.7 Å². The van der Waals surface area contributed by atoms with E-state index in [1.165, 1.54) is 19.2 Å². The van der Waals surface area contributed by atoms with Crippen molar-refractivity contribution in [2.75, 3.05) is 7.11 Å². The first-order valence-electron chi connectivity index (χ1n) is 5.36. The van der Waals surface area contributed by atoms with Crippen LogP contribution < -0.4 is 4.74 Å². The van der Waals surface area contributed by atoms with Gasteiger partial charge in [-0.05, 0) is 30.3 Å². The Morgan fingerprint density at radius 2 is 1.74 bits per heavy atom. The predicted molar refractivity (Wildman–Crippen MR) is 62.7 cm³/mol. The second kappa shape index (κ2) is 5.14. The molecule has 0 unspecified atom stereocenters. The van der Waals surface area contributed by atoms with Crippen molar-refractivity contribution in [1.29, 1.82) is 0 Å². The fourth-order valence-electron chi connectivity index (χ4n) is 1.63. The van der Waals surface area contributed by atoms with Gasteiger partial charge in [0.25, 0.3) is 0 Å². The Balaban J connectivity index is 2.44. The number of benzene rings is 2. The Morgan fingerprint density at radius 1 is 1.00 bits per heavy atom. The average molecular weight is 266 g/mol. The molecule has 0 fully saturated rings. The molecule has 0 amide bonds. The summed E-state index contributed by atoms with van der Waals surface area (Å²) in [6.07, 6.45) is 0. The number of halogens is 3. The lowest BCUT2D eigenvalue weighted by atomic mass is 10.0. The van der Waals surface area contributed by atoms with Crippen LogP contribution in [0.3, 0.4) is 0 Å². The van der Waals surface area contributed by atoms with Gasteiger partial charge in [-0.25, -0.2) is 13.2 Å². The molecular formula is C14H9F3O2. The molecule has 2 nitrogen and oxygen atoms in total. The van der Waals surface area contributed by atoms with Crippen LogP contribution in [0.15, 0.2) is 36.4 Å². The normalized spacial score (nSPS) is 10.3. The highest BCUT2D eigenvalue weighted by atomic mass is 19.1. The summed E-state index contributed by atoms with van der Waals surface area (Å²) < 4.78 is 44.2. The molecule has 0 atom stereocenters. The molecule has 2 aromatic rings. The van der Waals surface area contributed by atoms with Gasteiger partial charge in [-0.15, -0.1) is 0 Å². The van der Waals surface area contributed by atoms with Crippen molar-refractivity contribution in [3.63, 3.8) is 0 Å². The van der Waals surface area contributed by atoms with Crippen molar-refractivity contribution >= 4 is 5.78 Å². The van der Waals surface area contributed by atoms with E-state index in [0.717, 1.165) is 18.2 Å². The average Bonchev–Trinajstić information content (AvgIpc) is 2.38. The quantitative estimate of drug-likeness (QED) is 0.796. The lowest BCUT2D eigenvalue weighted by molar-refractivity contribution is 0.103. The van der Waals surface area contributed by atoms with E-state index in [4.69, 9.17) is 4.74 Å². The summed E-state index contributed by atoms with van der Waals surface area (Å²) in [4.78, 5) is 12.0. The van der Waals surface area contributed by atoms with Crippen LogP contribution in [0.1, 0.15) is 15.9 Å². The van der Waals surface area contributed by atoms with Gasteiger partial charge in [0.2, 0.25) is 0 Å². The number of hydrogen-bond donors (Lipinski definition) is 0. The maximum Gasteiger partial charge on any atom is 0.196 e. The van der Waals surface area contributed by atoms with E-state index in [0.29, 0.717) is 6.07 Å². The lowest BCUT2D eigenvalue weighted by Gasteiger charge is -2.06. The number of ether oxygens (including phenoxy) is 1. The Labute approximate surface area is 107 Å². The van der Waals surface area contributed by atoms with Gasteiger partial charge >= 0.3 is 0 Å². The van der Waals surface area contributed by atoms with Gasteiger partial charge < -0.3 is 4.74 Å². The van der Waals surface area contributed by atoms with E-state index < -0.39 is 23.2 Å². The van der Waals surface area contributed by atoms with Crippen LogP contribution >= 0.6 is 0 Å². The summed E-state index contributed by atoms with van der Waals surface area (Å²) in [6.45, 7) is 0. The zero-order valence-corrected chi connectivity index (χ0v) is 9.91. The van der Waals surface area contributed by atoms with Crippen LogP contribution in [0.4, 0.5) is 13.2 Å². The molecule has 2 aromatic carbocycles. The molecule has 0 bridgehead atoms. The SMILES string of the molecule is COc1cc(C(=O)c2ccc(F)cc2F)ccc1F. The predicted octanol–water partition coefficient (Wildman–Crippen LogP) is 3.34. The van der Waals surface area contributed by atoms with Gasteiger partial charge in [-0.1, -0.05) is 0 Å². The third-order valence-electron chi connectivity index (χ3n) is 2.59. The molecule has 0 radical (unpaired) electrons. The first kappa shape index (κ1) is 13.1. The van der Waals surface area contributed by atoms with Gasteiger partial charge in [0.15, 0.2) is 17.3 Å². The van der Waals surface area contributed by atoms with Crippen LogP contribution in [0, 0.1) is 17.5 Å². The molecule has 0 aromatic heterocycles.